The number of halogens is 2. The van der Waals surface area contributed by atoms with E-state index < -0.39 is 5.92 Å². The Labute approximate surface area is 159 Å². The molecular formula is C24H36F2. The van der Waals surface area contributed by atoms with Crippen LogP contribution in [-0.2, 0) is 0 Å². The van der Waals surface area contributed by atoms with Gasteiger partial charge in [0, 0.05) is 12.8 Å². The van der Waals surface area contributed by atoms with Gasteiger partial charge in [-0.15, -0.1) is 0 Å². The summed E-state index contributed by atoms with van der Waals surface area (Å²) in [6.45, 7) is 2.26. The minimum Gasteiger partial charge on any atom is -0.207 e. The van der Waals surface area contributed by atoms with Crippen molar-refractivity contribution in [3.8, 4) is 0 Å². The van der Waals surface area contributed by atoms with Gasteiger partial charge in [0.05, 0.1) is 0 Å². The third-order valence-electron chi connectivity index (χ3n) is 5.66. The Hall–Kier alpha value is -1.18. The first-order valence-electron chi connectivity index (χ1n) is 10.7. The third-order valence-corrected chi connectivity index (χ3v) is 5.66. The average molecular weight is 363 g/mol. The Balaban J connectivity index is 1.61. The Bertz CT molecular complexity index is 506. The van der Waals surface area contributed by atoms with Crippen molar-refractivity contribution in [2.75, 3.05) is 0 Å². The van der Waals surface area contributed by atoms with Crippen LogP contribution in [0.5, 0.6) is 0 Å². The number of hydrogen-bond donors (Lipinski definition) is 0. The standard InChI is InChI=1S/C24H36F2/c1-2-3-4-5-6-7-8-9-10-11-12-21-13-15-22(16-14-21)23-17-19-24(25,26)20-18-23/h11-16,23H,2-10,17-20H2,1H3. The maximum atomic E-state index is 13.3. The first-order chi connectivity index (χ1) is 12.6. The van der Waals surface area contributed by atoms with Crippen molar-refractivity contribution in [3.63, 3.8) is 0 Å². The van der Waals surface area contributed by atoms with Gasteiger partial charge in [-0.05, 0) is 42.7 Å². The van der Waals surface area contributed by atoms with Crippen LogP contribution in [0.4, 0.5) is 8.78 Å². The molecule has 0 N–H and O–H groups in total. The molecule has 1 aromatic carbocycles. The van der Waals surface area contributed by atoms with E-state index in [2.05, 4.69) is 43.3 Å². The molecule has 0 radical (unpaired) electrons. The predicted molar refractivity (Wildman–Crippen MR) is 109 cm³/mol. The zero-order valence-electron chi connectivity index (χ0n) is 16.5. The highest BCUT2D eigenvalue weighted by Gasteiger charge is 2.35. The molecular weight excluding hydrogens is 326 g/mol. The van der Waals surface area contributed by atoms with Crippen molar-refractivity contribution in [1.29, 1.82) is 0 Å². The molecule has 1 saturated carbocycles. The predicted octanol–water partition coefficient (Wildman–Crippen LogP) is 8.52. The van der Waals surface area contributed by atoms with Crippen LogP contribution in [0.2, 0.25) is 0 Å². The highest BCUT2D eigenvalue weighted by molar-refractivity contribution is 5.49. The fraction of sp³-hybridized carbons (Fsp3) is 0.667. The topological polar surface area (TPSA) is 0 Å². The fourth-order valence-electron chi connectivity index (χ4n) is 3.87. The second-order valence-corrected chi connectivity index (χ2v) is 7.96. The molecule has 2 heteroatoms. The lowest BCUT2D eigenvalue weighted by atomic mass is 9.82. The average Bonchev–Trinajstić information content (AvgIpc) is 2.64. The lowest BCUT2D eigenvalue weighted by Gasteiger charge is -2.28. The number of rotatable bonds is 11. The SMILES string of the molecule is CCCCCCCCCCC=Cc1ccc(C2CCC(F)(F)CC2)cc1. The molecule has 0 nitrogen and oxygen atoms in total. The lowest BCUT2D eigenvalue weighted by molar-refractivity contribution is -0.0382. The minimum absolute atomic E-state index is 0.0396. The van der Waals surface area contributed by atoms with Gasteiger partial charge in [0.1, 0.15) is 0 Å². The van der Waals surface area contributed by atoms with Crippen molar-refractivity contribution in [1.82, 2.24) is 0 Å². The quantitative estimate of drug-likeness (QED) is 0.346. The van der Waals surface area contributed by atoms with Gasteiger partial charge in [0.25, 0.3) is 0 Å². The number of hydrogen-bond acceptors (Lipinski definition) is 0. The summed E-state index contributed by atoms with van der Waals surface area (Å²) in [4.78, 5) is 0. The van der Waals surface area contributed by atoms with Crippen LogP contribution in [-0.4, -0.2) is 5.92 Å². The normalized spacial score (nSPS) is 17.8. The first kappa shape index (κ1) is 21.1. The first-order valence-corrected chi connectivity index (χ1v) is 10.7. The molecule has 0 aromatic heterocycles. The van der Waals surface area contributed by atoms with Gasteiger partial charge in [-0.3, -0.25) is 0 Å². The molecule has 1 aliphatic rings. The van der Waals surface area contributed by atoms with Gasteiger partial charge in [0.2, 0.25) is 5.92 Å². The van der Waals surface area contributed by atoms with E-state index in [1.54, 1.807) is 0 Å². The van der Waals surface area contributed by atoms with Crippen LogP contribution >= 0.6 is 0 Å². The molecule has 0 amide bonds. The molecule has 0 unspecified atom stereocenters. The molecule has 0 bridgehead atoms. The number of alkyl halides is 2. The van der Waals surface area contributed by atoms with Crippen LogP contribution in [0, 0.1) is 0 Å². The molecule has 1 fully saturated rings. The van der Waals surface area contributed by atoms with E-state index in [0.717, 1.165) is 6.42 Å². The summed E-state index contributed by atoms with van der Waals surface area (Å²) in [5.74, 6) is -2.13. The van der Waals surface area contributed by atoms with E-state index in [-0.39, 0.29) is 12.8 Å². The zero-order chi connectivity index (χ0) is 18.7. The van der Waals surface area contributed by atoms with Crippen molar-refractivity contribution in [3.05, 3.63) is 41.5 Å². The van der Waals surface area contributed by atoms with E-state index in [4.69, 9.17) is 0 Å². The molecule has 26 heavy (non-hydrogen) atoms. The van der Waals surface area contributed by atoms with Crippen molar-refractivity contribution < 1.29 is 8.78 Å². The molecule has 146 valence electrons. The van der Waals surface area contributed by atoms with Crippen molar-refractivity contribution in [2.24, 2.45) is 0 Å². The van der Waals surface area contributed by atoms with Gasteiger partial charge in [-0.25, -0.2) is 8.78 Å². The Morgan fingerprint density at radius 1 is 0.885 bits per heavy atom. The van der Waals surface area contributed by atoms with Gasteiger partial charge in [-0.1, -0.05) is 88.3 Å². The summed E-state index contributed by atoms with van der Waals surface area (Å²) in [5.41, 5.74) is 2.44. The highest BCUT2D eigenvalue weighted by Crippen LogP contribution is 2.40. The molecule has 0 heterocycles. The maximum Gasteiger partial charge on any atom is 0.248 e. The Kier molecular flexibility index (Phi) is 9.36. The monoisotopic (exact) mass is 362 g/mol. The van der Waals surface area contributed by atoms with E-state index in [9.17, 15) is 8.78 Å². The second kappa shape index (κ2) is 11.5. The van der Waals surface area contributed by atoms with E-state index in [1.807, 2.05) is 0 Å². The summed E-state index contributed by atoms with van der Waals surface area (Å²) in [6.07, 6.45) is 17.8. The van der Waals surface area contributed by atoms with E-state index >= 15 is 0 Å². The highest BCUT2D eigenvalue weighted by atomic mass is 19.3. The Morgan fingerprint density at radius 2 is 1.46 bits per heavy atom. The summed E-state index contributed by atoms with van der Waals surface area (Å²) >= 11 is 0. The van der Waals surface area contributed by atoms with E-state index in [0.29, 0.717) is 18.8 Å². The van der Waals surface area contributed by atoms with Crippen LogP contribution < -0.4 is 0 Å². The third kappa shape index (κ3) is 8.01. The lowest BCUT2D eigenvalue weighted by Crippen LogP contribution is -2.23. The van der Waals surface area contributed by atoms with E-state index in [1.165, 1.54) is 62.5 Å². The van der Waals surface area contributed by atoms with Gasteiger partial charge in [0.15, 0.2) is 0 Å². The summed E-state index contributed by atoms with van der Waals surface area (Å²) in [7, 11) is 0. The Morgan fingerprint density at radius 3 is 2.08 bits per heavy atom. The van der Waals surface area contributed by atoms with Gasteiger partial charge < -0.3 is 0 Å². The fourth-order valence-corrected chi connectivity index (χ4v) is 3.87. The smallest absolute Gasteiger partial charge is 0.207 e. The zero-order valence-corrected chi connectivity index (χ0v) is 16.5. The molecule has 2 rings (SSSR count). The molecule has 0 spiro atoms. The molecule has 0 atom stereocenters. The van der Waals surface area contributed by atoms with Crippen molar-refractivity contribution >= 4 is 6.08 Å². The van der Waals surface area contributed by atoms with Crippen LogP contribution in [0.25, 0.3) is 6.08 Å². The molecule has 1 aromatic rings. The maximum absolute atomic E-state index is 13.3. The summed E-state index contributed by atoms with van der Waals surface area (Å²) in [6, 6.07) is 8.52. The summed E-state index contributed by atoms with van der Waals surface area (Å²) in [5, 5.41) is 0. The molecule has 0 saturated heterocycles. The largest absolute Gasteiger partial charge is 0.248 e. The number of unbranched alkanes of at least 4 members (excludes halogenated alkanes) is 8. The van der Waals surface area contributed by atoms with Crippen molar-refractivity contribution in [2.45, 2.75) is 102 Å². The number of allylic oxidation sites excluding steroid dienone is 1. The molecule has 0 aliphatic heterocycles. The second-order valence-electron chi connectivity index (χ2n) is 7.96. The van der Waals surface area contributed by atoms with Gasteiger partial charge >= 0.3 is 0 Å². The van der Waals surface area contributed by atoms with Crippen LogP contribution in [0.3, 0.4) is 0 Å². The minimum atomic E-state index is -2.44. The van der Waals surface area contributed by atoms with Gasteiger partial charge in [-0.2, -0.15) is 0 Å². The molecule has 1 aliphatic carbocycles. The van der Waals surface area contributed by atoms with Crippen LogP contribution in [0.15, 0.2) is 30.3 Å². The summed E-state index contributed by atoms with van der Waals surface area (Å²) < 4.78 is 26.5. The number of benzene rings is 1. The van der Waals surface area contributed by atoms with Crippen LogP contribution in [0.1, 0.15) is 107 Å².